The molecule has 0 saturated heterocycles. The molecule has 1 amide bonds. The van der Waals surface area contributed by atoms with Gasteiger partial charge in [-0.25, -0.2) is 9.97 Å². The number of hydrogen-bond acceptors (Lipinski definition) is 7. The average Bonchev–Trinajstić information content (AvgIpc) is 3.27. The summed E-state index contributed by atoms with van der Waals surface area (Å²) in [4.78, 5) is 25.1. The van der Waals surface area contributed by atoms with Crippen LogP contribution in [0.15, 0.2) is 67.1 Å². The van der Waals surface area contributed by atoms with Crippen molar-refractivity contribution in [3.63, 3.8) is 0 Å². The highest BCUT2D eigenvalue weighted by atomic mass is 16.5. The van der Waals surface area contributed by atoms with Crippen molar-refractivity contribution in [2.75, 3.05) is 17.7 Å². The summed E-state index contributed by atoms with van der Waals surface area (Å²) >= 11 is 0. The summed E-state index contributed by atoms with van der Waals surface area (Å²) in [6, 6.07) is 15.7. The van der Waals surface area contributed by atoms with Crippen molar-refractivity contribution in [1.82, 2.24) is 24.7 Å². The predicted molar refractivity (Wildman–Crippen MR) is 144 cm³/mol. The number of anilines is 3. The molecule has 0 fully saturated rings. The van der Waals surface area contributed by atoms with Crippen LogP contribution >= 0.6 is 0 Å². The topological polar surface area (TPSA) is 107 Å². The second kappa shape index (κ2) is 10.1. The van der Waals surface area contributed by atoms with Gasteiger partial charge >= 0.3 is 0 Å². The van der Waals surface area contributed by atoms with E-state index in [4.69, 9.17) is 14.8 Å². The summed E-state index contributed by atoms with van der Waals surface area (Å²) in [6.45, 7) is 6.13. The van der Waals surface area contributed by atoms with Gasteiger partial charge in [0.1, 0.15) is 5.69 Å². The third kappa shape index (κ3) is 4.84. The molecule has 0 radical (unpaired) electrons. The lowest BCUT2D eigenvalue weighted by Crippen LogP contribution is -2.11. The van der Waals surface area contributed by atoms with Gasteiger partial charge in [-0.1, -0.05) is 24.3 Å². The van der Waals surface area contributed by atoms with E-state index in [-0.39, 0.29) is 5.91 Å². The molecule has 0 aliphatic rings. The summed E-state index contributed by atoms with van der Waals surface area (Å²) in [7, 11) is 1.58. The zero-order valence-electron chi connectivity index (χ0n) is 21.1. The molecule has 9 nitrogen and oxygen atoms in total. The third-order valence-corrected chi connectivity index (χ3v) is 6.24. The second-order valence-corrected chi connectivity index (χ2v) is 8.71. The Hall–Kier alpha value is -4.79. The Morgan fingerprint density at radius 1 is 1.05 bits per heavy atom. The van der Waals surface area contributed by atoms with Gasteiger partial charge in [0.2, 0.25) is 5.91 Å². The van der Waals surface area contributed by atoms with Crippen molar-refractivity contribution >= 4 is 34.0 Å². The Kier molecular flexibility index (Phi) is 6.51. The van der Waals surface area contributed by atoms with E-state index in [0.29, 0.717) is 29.6 Å². The quantitative estimate of drug-likeness (QED) is 0.318. The highest BCUT2D eigenvalue weighted by Crippen LogP contribution is 2.32. The van der Waals surface area contributed by atoms with E-state index in [1.165, 1.54) is 6.92 Å². The number of methoxy groups -OCH3 is 1. The third-order valence-electron chi connectivity index (χ3n) is 6.24. The number of fused-ring (bicyclic) bond motifs is 1. The smallest absolute Gasteiger partial charge is 0.221 e. The maximum atomic E-state index is 11.7. The molecule has 37 heavy (non-hydrogen) atoms. The van der Waals surface area contributed by atoms with Gasteiger partial charge in [0.05, 0.1) is 25.4 Å². The molecular formula is C28H27N7O2. The highest BCUT2D eigenvalue weighted by molar-refractivity contribution is 5.92. The van der Waals surface area contributed by atoms with Crippen molar-refractivity contribution in [3.8, 4) is 17.3 Å². The average molecular weight is 494 g/mol. The lowest BCUT2D eigenvalue weighted by atomic mass is 10.0. The van der Waals surface area contributed by atoms with Gasteiger partial charge in [-0.05, 0) is 54.8 Å². The molecule has 0 unspecified atom stereocenters. The Bertz CT molecular complexity index is 1600. The molecule has 0 atom stereocenters. The molecule has 3 aromatic heterocycles. The number of para-hydroxylation sites is 1. The number of aromatic nitrogens is 5. The number of hydrogen-bond donors (Lipinski definition) is 2. The summed E-state index contributed by atoms with van der Waals surface area (Å²) in [5, 5.41) is 12.1. The van der Waals surface area contributed by atoms with Crippen LogP contribution < -0.4 is 15.4 Å². The molecule has 2 aromatic carbocycles. The molecular weight excluding hydrogens is 466 g/mol. The molecule has 9 heteroatoms. The Morgan fingerprint density at radius 3 is 2.59 bits per heavy atom. The van der Waals surface area contributed by atoms with Crippen LogP contribution in [0, 0.1) is 13.8 Å². The van der Waals surface area contributed by atoms with Gasteiger partial charge in [0.25, 0.3) is 0 Å². The molecule has 0 aliphatic carbocycles. The first-order valence-corrected chi connectivity index (χ1v) is 11.8. The normalized spacial score (nSPS) is 10.9. The van der Waals surface area contributed by atoms with Crippen LogP contribution in [0.3, 0.4) is 0 Å². The number of amides is 1. The van der Waals surface area contributed by atoms with E-state index in [1.807, 2.05) is 60.1 Å². The lowest BCUT2D eigenvalue weighted by Gasteiger charge is -2.15. The molecule has 186 valence electrons. The molecule has 0 saturated carbocycles. The number of ether oxygens (including phenoxy) is 1. The van der Waals surface area contributed by atoms with Crippen molar-refractivity contribution in [3.05, 3.63) is 83.8 Å². The van der Waals surface area contributed by atoms with Gasteiger partial charge in [-0.15, -0.1) is 0 Å². The van der Waals surface area contributed by atoms with Crippen LogP contribution in [0.5, 0.6) is 5.75 Å². The van der Waals surface area contributed by atoms with E-state index < -0.39 is 0 Å². The maximum absolute atomic E-state index is 11.7. The Balaban J connectivity index is 1.58. The summed E-state index contributed by atoms with van der Waals surface area (Å²) in [5.74, 6) is 1.43. The van der Waals surface area contributed by atoms with Crippen LogP contribution in [0.25, 0.3) is 22.4 Å². The SMILES string of the molecule is COc1cnc(-c2nn(Cc3c(C)ccc(NC(C)=O)c3C)c3ccccc23)nc1Nc1ccncc1. The Morgan fingerprint density at radius 2 is 1.84 bits per heavy atom. The number of rotatable bonds is 7. The van der Waals surface area contributed by atoms with Crippen molar-refractivity contribution in [1.29, 1.82) is 0 Å². The molecule has 3 heterocycles. The van der Waals surface area contributed by atoms with Gasteiger partial charge in [-0.3, -0.25) is 14.5 Å². The monoisotopic (exact) mass is 493 g/mol. The van der Waals surface area contributed by atoms with Crippen molar-refractivity contribution in [2.45, 2.75) is 27.3 Å². The first-order valence-electron chi connectivity index (χ1n) is 11.8. The van der Waals surface area contributed by atoms with Gasteiger partial charge in [0.15, 0.2) is 17.4 Å². The zero-order valence-corrected chi connectivity index (χ0v) is 21.1. The molecule has 2 N–H and O–H groups in total. The lowest BCUT2D eigenvalue weighted by molar-refractivity contribution is -0.114. The molecule has 0 bridgehead atoms. The Labute approximate surface area is 214 Å². The minimum Gasteiger partial charge on any atom is -0.491 e. The molecule has 0 aliphatic heterocycles. The number of benzene rings is 2. The first kappa shape index (κ1) is 23.9. The molecule has 0 spiro atoms. The zero-order chi connectivity index (χ0) is 25.9. The van der Waals surface area contributed by atoms with Crippen LogP contribution in [0.4, 0.5) is 17.2 Å². The van der Waals surface area contributed by atoms with Gasteiger partial charge < -0.3 is 15.4 Å². The maximum Gasteiger partial charge on any atom is 0.221 e. The largest absolute Gasteiger partial charge is 0.491 e. The fraction of sp³-hybridized carbons (Fsp3) is 0.179. The van der Waals surface area contributed by atoms with E-state index in [9.17, 15) is 4.79 Å². The van der Waals surface area contributed by atoms with Crippen LogP contribution in [-0.4, -0.2) is 37.7 Å². The van der Waals surface area contributed by atoms with Gasteiger partial charge in [-0.2, -0.15) is 5.10 Å². The van der Waals surface area contributed by atoms with Crippen LogP contribution in [0.2, 0.25) is 0 Å². The summed E-state index contributed by atoms with van der Waals surface area (Å²) in [6.07, 6.45) is 5.05. The van der Waals surface area contributed by atoms with Gasteiger partial charge in [0, 0.05) is 36.1 Å². The predicted octanol–water partition coefficient (Wildman–Crippen LogP) is 5.26. The van der Waals surface area contributed by atoms with Crippen LogP contribution in [0.1, 0.15) is 23.6 Å². The summed E-state index contributed by atoms with van der Waals surface area (Å²) in [5.41, 5.74) is 6.50. The number of aryl methyl sites for hydroxylation is 1. The van der Waals surface area contributed by atoms with Crippen LogP contribution in [-0.2, 0) is 11.3 Å². The molecule has 5 rings (SSSR count). The number of carbonyl (C=O) groups excluding carboxylic acids is 1. The molecule has 5 aromatic rings. The first-order chi connectivity index (χ1) is 17.9. The van der Waals surface area contributed by atoms with E-state index in [1.54, 1.807) is 25.7 Å². The fourth-order valence-corrected chi connectivity index (χ4v) is 4.32. The van der Waals surface area contributed by atoms with E-state index in [2.05, 4.69) is 27.5 Å². The standard InChI is InChI=1S/C28H27N7O2/c1-17-9-10-23(31-19(3)36)18(2)22(17)16-35-24-8-6-5-7-21(24)26(34-35)28-30-15-25(37-4)27(33-28)32-20-11-13-29-14-12-20/h5-15H,16H2,1-4H3,(H,31,36)(H,29,30,32,33). The fourth-order valence-electron chi connectivity index (χ4n) is 4.32. The van der Waals surface area contributed by atoms with Crippen molar-refractivity contribution in [2.24, 2.45) is 0 Å². The highest BCUT2D eigenvalue weighted by Gasteiger charge is 2.19. The van der Waals surface area contributed by atoms with E-state index >= 15 is 0 Å². The minimum absolute atomic E-state index is 0.0995. The van der Waals surface area contributed by atoms with E-state index in [0.717, 1.165) is 39.0 Å². The number of nitrogens with one attached hydrogen (secondary N) is 2. The van der Waals surface area contributed by atoms with Crippen molar-refractivity contribution < 1.29 is 9.53 Å². The second-order valence-electron chi connectivity index (χ2n) is 8.71. The number of pyridine rings is 1. The summed E-state index contributed by atoms with van der Waals surface area (Å²) < 4.78 is 7.45. The minimum atomic E-state index is -0.0995. The number of nitrogens with zero attached hydrogens (tertiary/aromatic N) is 5. The number of carbonyl (C=O) groups is 1.